The summed E-state index contributed by atoms with van der Waals surface area (Å²) >= 11 is 0. The minimum Gasteiger partial charge on any atom is -0.377 e. The number of benzene rings is 1. The van der Waals surface area contributed by atoms with Gasteiger partial charge in [-0.3, -0.25) is 0 Å². The second-order valence-corrected chi connectivity index (χ2v) is 6.13. The zero-order valence-corrected chi connectivity index (χ0v) is 14.9. The highest BCUT2D eigenvalue weighted by Gasteiger charge is 2.13. The summed E-state index contributed by atoms with van der Waals surface area (Å²) in [5, 5.41) is 1.05. The Morgan fingerprint density at radius 2 is 1.89 bits per heavy atom. The van der Waals surface area contributed by atoms with E-state index in [-0.39, 0.29) is 6.61 Å². The van der Waals surface area contributed by atoms with Crippen molar-refractivity contribution in [2.45, 2.75) is 6.54 Å². The van der Waals surface area contributed by atoms with Crippen molar-refractivity contribution in [2.75, 3.05) is 33.1 Å². The van der Waals surface area contributed by atoms with Crippen LogP contribution in [0.1, 0.15) is 0 Å². The molecule has 0 fully saturated rings. The average molecular weight is 368 g/mol. The van der Waals surface area contributed by atoms with Gasteiger partial charge in [0.05, 0.1) is 37.5 Å². The molecule has 1 N–H and O–H groups in total. The number of alkyl halides is 1. The van der Waals surface area contributed by atoms with E-state index >= 15 is 0 Å². The van der Waals surface area contributed by atoms with Gasteiger partial charge in [-0.05, 0) is 24.3 Å². The summed E-state index contributed by atoms with van der Waals surface area (Å²) in [6, 6.07) is 12.1. The van der Waals surface area contributed by atoms with Gasteiger partial charge in [-0.2, -0.15) is 0 Å². The van der Waals surface area contributed by atoms with Gasteiger partial charge in [0.15, 0.2) is 0 Å². The van der Waals surface area contributed by atoms with Crippen LogP contribution in [0, 0.1) is 0 Å². The minimum absolute atomic E-state index is 0.119. The summed E-state index contributed by atoms with van der Waals surface area (Å²) in [7, 11) is 0. The van der Waals surface area contributed by atoms with Gasteiger partial charge in [0.1, 0.15) is 18.1 Å². The Morgan fingerprint density at radius 1 is 1.04 bits per heavy atom. The number of fused-ring (bicyclic) bond motifs is 2. The van der Waals surface area contributed by atoms with Crippen molar-refractivity contribution in [3.63, 3.8) is 0 Å². The highest BCUT2D eigenvalue weighted by molar-refractivity contribution is 5.84. The lowest BCUT2D eigenvalue weighted by Crippen LogP contribution is -2.11. The van der Waals surface area contributed by atoms with Gasteiger partial charge >= 0.3 is 0 Å². The van der Waals surface area contributed by atoms with Crippen LogP contribution in [0.2, 0.25) is 0 Å². The lowest BCUT2D eigenvalue weighted by atomic mass is 10.2. The number of aromatic amines is 1. The van der Waals surface area contributed by atoms with Gasteiger partial charge in [0.25, 0.3) is 0 Å². The molecule has 0 amide bonds. The third-order valence-corrected chi connectivity index (χ3v) is 4.37. The molecule has 140 valence electrons. The van der Waals surface area contributed by atoms with Gasteiger partial charge in [-0.1, -0.05) is 12.1 Å². The molecule has 3 heterocycles. The van der Waals surface area contributed by atoms with Crippen LogP contribution >= 0.6 is 0 Å². The highest BCUT2D eigenvalue weighted by atomic mass is 19.1. The molecule has 0 radical (unpaired) electrons. The molecule has 6 nitrogen and oxygen atoms in total. The molecular weight excluding hydrogens is 347 g/mol. The van der Waals surface area contributed by atoms with E-state index in [1.807, 2.05) is 36.7 Å². The standard InChI is InChI=1S/C20H21FN4O2/c21-6-9-26-11-12-27-10-8-25-18-4-2-1-3-17(18)24-20(25)16-13-15-5-7-22-19(15)23-14-16/h1-5,7,13-14H,6,8-12H2,(H,22,23). The van der Waals surface area contributed by atoms with E-state index in [9.17, 15) is 4.39 Å². The van der Waals surface area contributed by atoms with Gasteiger partial charge in [0, 0.05) is 29.9 Å². The third-order valence-electron chi connectivity index (χ3n) is 4.37. The van der Waals surface area contributed by atoms with E-state index in [1.165, 1.54) is 0 Å². The van der Waals surface area contributed by atoms with E-state index in [1.54, 1.807) is 0 Å². The summed E-state index contributed by atoms with van der Waals surface area (Å²) < 4.78 is 24.9. The summed E-state index contributed by atoms with van der Waals surface area (Å²) in [5.74, 6) is 0.865. The predicted molar refractivity (Wildman–Crippen MR) is 102 cm³/mol. The van der Waals surface area contributed by atoms with E-state index in [4.69, 9.17) is 14.5 Å². The molecule has 0 aliphatic heterocycles. The van der Waals surface area contributed by atoms with Crippen LogP contribution in [0.3, 0.4) is 0 Å². The molecule has 4 rings (SSSR count). The van der Waals surface area contributed by atoms with Gasteiger partial charge in [-0.15, -0.1) is 0 Å². The summed E-state index contributed by atoms with van der Waals surface area (Å²) in [4.78, 5) is 12.4. The second kappa shape index (κ2) is 8.28. The van der Waals surface area contributed by atoms with Crippen LogP contribution in [-0.4, -0.2) is 52.6 Å². The number of nitrogens with zero attached hydrogens (tertiary/aromatic N) is 3. The maximum absolute atomic E-state index is 12.0. The SMILES string of the molecule is FCCOCCOCCn1c(-c2cnc3[nH]ccc3c2)nc2ccccc21. The molecule has 3 aromatic heterocycles. The molecule has 4 aromatic rings. The van der Waals surface area contributed by atoms with Crippen molar-refractivity contribution >= 4 is 22.1 Å². The molecule has 0 aliphatic rings. The maximum atomic E-state index is 12.0. The number of imidazole rings is 1. The topological polar surface area (TPSA) is 65.0 Å². The first-order valence-corrected chi connectivity index (χ1v) is 8.97. The Morgan fingerprint density at radius 3 is 2.78 bits per heavy atom. The molecule has 27 heavy (non-hydrogen) atoms. The number of aromatic nitrogens is 4. The summed E-state index contributed by atoms with van der Waals surface area (Å²) in [5.41, 5.74) is 3.81. The smallest absolute Gasteiger partial charge is 0.142 e. The fourth-order valence-electron chi connectivity index (χ4n) is 3.12. The normalized spacial score (nSPS) is 11.6. The Bertz CT molecular complexity index is 1030. The third kappa shape index (κ3) is 3.84. The quantitative estimate of drug-likeness (QED) is 0.459. The molecule has 0 saturated heterocycles. The van der Waals surface area contributed by atoms with Crippen LogP contribution < -0.4 is 0 Å². The Hall–Kier alpha value is -2.77. The lowest BCUT2D eigenvalue weighted by Gasteiger charge is -2.10. The number of ether oxygens (including phenoxy) is 2. The summed E-state index contributed by atoms with van der Waals surface area (Å²) in [6.45, 7) is 1.67. The summed E-state index contributed by atoms with van der Waals surface area (Å²) in [6.07, 6.45) is 3.71. The number of hydrogen-bond acceptors (Lipinski definition) is 4. The van der Waals surface area contributed by atoms with Crippen molar-refractivity contribution in [3.8, 4) is 11.4 Å². The van der Waals surface area contributed by atoms with Crippen LogP contribution in [0.4, 0.5) is 4.39 Å². The van der Waals surface area contributed by atoms with E-state index in [0.29, 0.717) is 26.4 Å². The van der Waals surface area contributed by atoms with Crippen LogP contribution in [0.25, 0.3) is 33.5 Å². The van der Waals surface area contributed by atoms with E-state index in [2.05, 4.69) is 26.7 Å². The largest absolute Gasteiger partial charge is 0.377 e. The van der Waals surface area contributed by atoms with E-state index in [0.717, 1.165) is 33.5 Å². The molecule has 0 atom stereocenters. The first kappa shape index (κ1) is 17.6. The Balaban J connectivity index is 1.56. The molecule has 0 spiro atoms. The number of para-hydroxylation sites is 2. The van der Waals surface area contributed by atoms with Crippen molar-refractivity contribution in [1.29, 1.82) is 0 Å². The van der Waals surface area contributed by atoms with Crippen molar-refractivity contribution in [1.82, 2.24) is 19.5 Å². The number of halogens is 1. The zero-order valence-electron chi connectivity index (χ0n) is 14.9. The van der Waals surface area contributed by atoms with Gasteiger partial charge in [0.2, 0.25) is 0 Å². The molecule has 0 aliphatic carbocycles. The molecule has 0 saturated carbocycles. The number of rotatable bonds is 9. The van der Waals surface area contributed by atoms with E-state index < -0.39 is 6.67 Å². The van der Waals surface area contributed by atoms with Crippen molar-refractivity contribution in [2.24, 2.45) is 0 Å². The minimum atomic E-state index is -0.468. The van der Waals surface area contributed by atoms with Crippen molar-refractivity contribution < 1.29 is 13.9 Å². The molecule has 0 unspecified atom stereocenters. The van der Waals surface area contributed by atoms with Crippen LogP contribution in [0.5, 0.6) is 0 Å². The Labute approximate surface area is 156 Å². The molecule has 1 aromatic carbocycles. The molecule has 0 bridgehead atoms. The lowest BCUT2D eigenvalue weighted by molar-refractivity contribution is 0.0405. The van der Waals surface area contributed by atoms with Crippen molar-refractivity contribution in [3.05, 3.63) is 48.8 Å². The van der Waals surface area contributed by atoms with Gasteiger partial charge < -0.3 is 19.0 Å². The van der Waals surface area contributed by atoms with Crippen LogP contribution in [-0.2, 0) is 16.0 Å². The maximum Gasteiger partial charge on any atom is 0.142 e. The fraction of sp³-hybridized carbons (Fsp3) is 0.300. The number of nitrogens with one attached hydrogen (secondary N) is 1. The average Bonchev–Trinajstić information content (AvgIpc) is 3.31. The highest BCUT2D eigenvalue weighted by Crippen LogP contribution is 2.26. The van der Waals surface area contributed by atoms with Crippen LogP contribution in [0.15, 0.2) is 48.8 Å². The second-order valence-electron chi connectivity index (χ2n) is 6.13. The first-order chi connectivity index (χ1) is 13.4. The Kier molecular flexibility index (Phi) is 5.41. The number of hydrogen-bond donors (Lipinski definition) is 1. The zero-order chi connectivity index (χ0) is 18.5. The predicted octanol–water partition coefficient (Wildman–Crippen LogP) is 3.58. The van der Waals surface area contributed by atoms with Gasteiger partial charge in [-0.25, -0.2) is 14.4 Å². The first-order valence-electron chi connectivity index (χ1n) is 8.97. The molecular formula is C20H21FN4O2. The number of pyridine rings is 1. The molecule has 7 heteroatoms. The number of H-pyrrole nitrogens is 1. The fourth-order valence-corrected chi connectivity index (χ4v) is 3.12. The monoisotopic (exact) mass is 368 g/mol.